The number of hydrogen-bond acceptors (Lipinski definition) is 4. The fourth-order valence-electron chi connectivity index (χ4n) is 2.71. The third-order valence-electron chi connectivity index (χ3n) is 3.99. The largest absolute Gasteiger partial charge is 0.335 e. The fourth-order valence-corrected chi connectivity index (χ4v) is 4.36. The lowest BCUT2D eigenvalue weighted by Crippen LogP contribution is -2.30. The molecule has 0 bridgehead atoms. The molecule has 0 saturated heterocycles. The van der Waals surface area contributed by atoms with E-state index in [-0.39, 0.29) is 5.75 Å². The molecule has 0 fully saturated rings. The molecule has 0 atom stereocenters. The Morgan fingerprint density at radius 1 is 1.20 bits per heavy atom. The van der Waals surface area contributed by atoms with E-state index < -0.39 is 10.1 Å². The Morgan fingerprint density at radius 2 is 1.92 bits per heavy atom. The number of anilines is 1. The first-order chi connectivity index (χ1) is 12.0. The lowest BCUT2D eigenvalue weighted by molar-refractivity contribution is -0.693. The van der Waals surface area contributed by atoms with Crippen LogP contribution in [-0.2, 0) is 16.7 Å². The maximum absolute atomic E-state index is 11.0. The summed E-state index contributed by atoms with van der Waals surface area (Å²) in [6.07, 6.45) is 6.57. The molecule has 2 aromatic rings. The molecule has 1 aliphatic rings. The number of fused-ring (bicyclic) bond motifs is 1. The van der Waals surface area contributed by atoms with Crippen LogP contribution in [0, 0.1) is 0 Å². The Labute approximate surface area is 152 Å². The van der Waals surface area contributed by atoms with Crippen LogP contribution in [0.5, 0.6) is 0 Å². The number of aromatic nitrogens is 1. The Morgan fingerprint density at radius 3 is 2.60 bits per heavy atom. The third kappa shape index (κ3) is 4.62. The summed E-state index contributed by atoms with van der Waals surface area (Å²) in [7, 11) is -3.93. The quantitative estimate of drug-likeness (QED) is 0.619. The van der Waals surface area contributed by atoms with Crippen molar-refractivity contribution in [3.63, 3.8) is 0 Å². The highest BCUT2D eigenvalue weighted by Crippen LogP contribution is 2.46. The van der Waals surface area contributed by atoms with Crippen molar-refractivity contribution in [2.45, 2.75) is 24.8 Å². The van der Waals surface area contributed by atoms with E-state index >= 15 is 0 Å². The molecule has 1 aliphatic heterocycles. The number of pyridine rings is 1. The minimum atomic E-state index is -3.93. The zero-order chi connectivity index (χ0) is 17.9. The number of aryl methyl sites for hydroxylation is 1. The van der Waals surface area contributed by atoms with Gasteiger partial charge in [-0.1, -0.05) is 23.9 Å². The Kier molecular flexibility index (Phi) is 5.46. The smallest absolute Gasteiger partial charge is 0.264 e. The van der Waals surface area contributed by atoms with Crippen molar-refractivity contribution in [3.8, 4) is 0 Å². The molecule has 1 aromatic heterocycles. The number of para-hydroxylation sites is 1. The first kappa shape index (κ1) is 18.0. The minimum absolute atomic E-state index is 0.231. The molecule has 5 nitrogen and oxygen atoms in total. The fraction of sp³-hybridized carbons (Fsp3) is 0.278. The summed E-state index contributed by atoms with van der Waals surface area (Å²) in [5.41, 5.74) is 2.17. The summed E-state index contributed by atoms with van der Waals surface area (Å²) in [4.78, 5) is 3.27. The van der Waals surface area contributed by atoms with Crippen molar-refractivity contribution in [1.82, 2.24) is 0 Å². The van der Waals surface area contributed by atoms with Crippen molar-refractivity contribution < 1.29 is 17.5 Å². The molecule has 132 valence electrons. The molecular weight excluding hydrogens is 356 g/mol. The minimum Gasteiger partial charge on any atom is -0.335 e. The van der Waals surface area contributed by atoms with E-state index in [9.17, 15) is 8.42 Å². The lowest BCUT2D eigenvalue weighted by Gasteiger charge is -2.20. The van der Waals surface area contributed by atoms with Gasteiger partial charge in [-0.15, -0.1) is 0 Å². The van der Waals surface area contributed by atoms with E-state index in [2.05, 4.69) is 40.7 Å². The van der Waals surface area contributed by atoms with Crippen LogP contribution in [0.15, 0.2) is 58.7 Å². The van der Waals surface area contributed by atoms with Gasteiger partial charge in [0.25, 0.3) is 10.1 Å². The van der Waals surface area contributed by atoms with E-state index in [1.165, 1.54) is 0 Å². The average molecular weight is 378 g/mol. The van der Waals surface area contributed by atoms with Gasteiger partial charge < -0.3 is 4.90 Å². The summed E-state index contributed by atoms with van der Waals surface area (Å²) in [5.74, 6) is -0.231. The van der Waals surface area contributed by atoms with Crippen molar-refractivity contribution in [3.05, 3.63) is 59.4 Å². The molecule has 2 heterocycles. The molecular formula is C18H21N2O3S2+. The van der Waals surface area contributed by atoms with Crippen LogP contribution in [0.25, 0.3) is 6.08 Å². The Hall–Kier alpha value is -1.83. The highest BCUT2D eigenvalue weighted by Gasteiger charge is 2.24. The van der Waals surface area contributed by atoms with Gasteiger partial charge >= 0.3 is 0 Å². The molecule has 0 amide bonds. The molecule has 0 unspecified atom stereocenters. The van der Waals surface area contributed by atoms with E-state index in [4.69, 9.17) is 4.55 Å². The van der Waals surface area contributed by atoms with E-state index in [0.29, 0.717) is 13.0 Å². The predicted molar refractivity (Wildman–Crippen MR) is 101 cm³/mol. The molecule has 0 radical (unpaired) electrons. The molecule has 1 aromatic carbocycles. The summed E-state index contributed by atoms with van der Waals surface area (Å²) in [6, 6.07) is 12.2. The third-order valence-corrected chi connectivity index (χ3v) is 5.91. The second kappa shape index (κ2) is 7.59. The van der Waals surface area contributed by atoms with Crippen molar-refractivity contribution >= 4 is 33.6 Å². The van der Waals surface area contributed by atoms with Crippen LogP contribution in [0.2, 0.25) is 0 Å². The zero-order valence-electron chi connectivity index (χ0n) is 14.0. The van der Waals surface area contributed by atoms with Gasteiger partial charge in [0.15, 0.2) is 12.4 Å². The molecule has 0 spiro atoms. The molecule has 0 saturated carbocycles. The molecule has 0 aliphatic carbocycles. The van der Waals surface area contributed by atoms with Gasteiger partial charge in [0.05, 0.1) is 16.5 Å². The van der Waals surface area contributed by atoms with Crippen LogP contribution >= 0.6 is 11.8 Å². The van der Waals surface area contributed by atoms with Gasteiger partial charge in [0.2, 0.25) is 0 Å². The SMILES string of the molecule is CC[n+]1ccc(/C=C2\Sc3ccccc3N2CCCS(=O)(=O)O)cc1. The second-order valence-corrected chi connectivity index (χ2v) is 8.44. The van der Waals surface area contributed by atoms with Crippen LogP contribution in [0.1, 0.15) is 18.9 Å². The first-order valence-electron chi connectivity index (χ1n) is 8.16. The average Bonchev–Trinajstić information content (AvgIpc) is 2.92. The van der Waals surface area contributed by atoms with Gasteiger partial charge in [-0.3, -0.25) is 4.55 Å². The van der Waals surface area contributed by atoms with E-state index in [0.717, 1.165) is 27.7 Å². The topological polar surface area (TPSA) is 61.5 Å². The van der Waals surface area contributed by atoms with Crippen molar-refractivity contribution in [1.29, 1.82) is 0 Å². The summed E-state index contributed by atoms with van der Waals surface area (Å²) in [6.45, 7) is 3.56. The van der Waals surface area contributed by atoms with Gasteiger partial charge in [-0.2, -0.15) is 8.42 Å². The number of thioether (sulfide) groups is 1. The zero-order valence-corrected chi connectivity index (χ0v) is 15.6. The van der Waals surface area contributed by atoms with Crippen molar-refractivity contribution in [2.24, 2.45) is 0 Å². The first-order valence-corrected chi connectivity index (χ1v) is 10.6. The highest BCUT2D eigenvalue weighted by molar-refractivity contribution is 8.03. The monoisotopic (exact) mass is 377 g/mol. The van der Waals surface area contributed by atoms with Gasteiger partial charge in [-0.25, -0.2) is 4.57 Å². The lowest BCUT2D eigenvalue weighted by atomic mass is 10.2. The van der Waals surface area contributed by atoms with Crippen LogP contribution < -0.4 is 9.47 Å². The number of hydrogen-bond donors (Lipinski definition) is 1. The highest BCUT2D eigenvalue weighted by atomic mass is 32.2. The number of benzene rings is 1. The summed E-state index contributed by atoms with van der Waals surface area (Å²) < 4.78 is 33.1. The maximum Gasteiger partial charge on any atom is 0.264 e. The number of nitrogens with zero attached hydrogens (tertiary/aromatic N) is 2. The van der Waals surface area contributed by atoms with Crippen LogP contribution in [0.3, 0.4) is 0 Å². The molecule has 7 heteroatoms. The predicted octanol–water partition coefficient (Wildman–Crippen LogP) is 3.18. The Bertz CT molecular complexity index is 877. The summed E-state index contributed by atoms with van der Waals surface area (Å²) >= 11 is 1.68. The maximum atomic E-state index is 11.0. The van der Waals surface area contributed by atoms with Gasteiger partial charge in [0.1, 0.15) is 6.54 Å². The van der Waals surface area contributed by atoms with Gasteiger partial charge in [0, 0.05) is 23.6 Å². The van der Waals surface area contributed by atoms with E-state index in [1.54, 1.807) is 11.8 Å². The molecule has 3 rings (SSSR count). The second-order valence-electron chi connectivity index (χ2n) is 5.81. The van der Waals surface area contributed by atoms with Crippen molar-refractivity contribution in [2.75, 3.05) is 17.2 Å². The normalized spacial score (nSPS) is 15.6. The van der Waals surface area contributed by atoms with E-state index in [1.807, 2.05) is 30.6 Å². The number of rotatable bonds is 6. The molecule has 25 heavy (non-hydrogen) atoms. The Balaban J connectivity index is 1.84. The summed E-state index contributed by atoms with van der Waals surface area (Å²) in [5, 5.41) is 1.06. The van der Waals surface area contributed by atoms with Crippen LogP contribution in [0.4, 0.5) is 5.69 Å². The standard InChI is InChI=1S/C18H20N2O3S2/c1-2-19-11-8-15(9-12-19)14-18-20(10-5-13-25(21,22)23)16-6-3-4-7-17(16)24-18/h3-4,6-9,11-12,14H,2,5,10,13H2,1H3/p+1. The van der Waals surface area contributed by atoms with Gasteiger partial charge in [-0.05, 0) is 37.1 Å². The van der Waals surface area contributed by atoms with Crippen LogP contribution in [-0.4, -0.2) is 25.3 Å². The molecule has 1 N–H and O–H groups in total.